The van der Waals surface area contributed by atoms with Crippen molar-refractivity contribution < 1.29 is 19.1 Å². The summed E-state index contributed by atoms with van der Waals surface area (Å²) in [5.41, 5.74) is 2.00. The number of nitrogens with one attached hydrogen (secondary N) is 2. The van der Waals surface area contributed by atoms with Crippen molar-refractivity contribution in [2.75, 3.05) is 23.8 Å². The zero-order chi connectivity index (χ0) is 23.4. The van der Waals surface area contributed by atoms with Crippen LogP contribution in [0.4, 0.5) is 21.0 Å². The molecule has 0 atom stereocenters. The number of hydrogen-bond donors (Lipinski definition) is 2. The molecule has 6 nitrogen and oxygen atoms in total. The van der Waals surface area contributed by atoms with Gasteiger partial charge in [0.25, 0.3) is 0 Å². The van der Waals surface area contributed by atoms with Crippen LogP contribution in [0.25, 0.3) is 0 Å². The number of carbonyl (C=O) groups is 2. The Morgan fingerprint density at radius 3 is 1.53 bits per heavy atom. The van der Waals surface area contributed by atoms with Crippen LogP contribution in [0.1, 0.15) is 51.4 Å². The normalized spacial score (nSPS) is 28.8. The lowest BCUT2D eigenvalue weighted by molar-refractivity contribution is -0.124. The predicted molar refractivity (Wildman–Crippen MR) is 132 cm³/mol. The second-order valence-corrected chi connectivity index (χ2v) is 10.7. The summed E-state index contributed by atoms with van der Waals surface area (Å²) in [6.45, 7) is 0.897. The topological polar surface area (TPSA) is 76.7 Å². The fourth-order valence-corrected chi connectivity index (χ4v) is 7.31. The fraction of sp³-hybridized carbons (Fsp3) is 0.500. The SMILES string of the molecule is O=C(Nc1ccccc1)OCCC12CC3CC(C1)CC(CCOC(=O)Nc1ccccc1)(C3)C2. The number of anilines is 2. The Morgan fingerprint density at radius 2 is 1.12 bits per heavy atom. The van der Waals surface area contributed by atoms with Gasteiger partial charge in [-0.2, -0.15) is 0 Å². The van der Waals surface area contributed by atoms with Crippen molar-refractivity contribution in [3.8, 4) is 0 Å². The number of carbonyl (C=O) groups excluding carboxylic acids is 2. The lowest BCUT2D eigenvalue weighted by atomic mass is 9.43. The average Bonchev–Trinajstić information content (AvgIpc) is 2.79. The van der Waals surface area contributed by atoms with Crippen LogP contribution in [0.15, 0.2) is 60.7 Å². The maximum Gasteiger partial charge on any atom is 0.411 e. The molecule has 0 saturated heterocycles. The number of benzene rings is 2. The van der Waals surface area contributed by atoms with Crippen LogP contribution in [0.5, 0.6) is 0 Å². The third kappa shape index (κ3) is 5.37. The molecule has 4 aliphatic carbocycles. The molecule has 180 valence electrons. The Morgan fingerprint density at radius 1 is 0.706 bits per heavy atom. The Kier molecular flexibility index (Phi) is 6.48. The van der Waals surface area contributed by atoms with E-state index in [-0.39, 0.29) is 23.0 Å². The average molecular weight is 463 g/mol. The molecule has 0 heterocycles. The zero-order valence-electron chi connectivity index (χ0n) is 19.6. The van der Waals surface area contributed by atoms with Crippen LogP contribution < -0.4 is 10.6 Å². The summed E-state index contributed by atoms with van der Waals surface area (Å²) in [6, 6.07) is 18.8. The lowest BCUT2D eigenvalue weighted by Crippen LogP contribution is -2.52. The predicted octanol–water partition coefficient (Wildman–Crippen LogP) is 6.85. The highest BCUT2D eigenvalue weighted by Gasteiger charge is 2.57. The smallest absolute Gasteiger partial charge is 0.411 e. The highest BCUT2D eigenvalue weighted by Crippen LogP contribution is 2.67. The first-order valence-electron chi connectivity index (χ1n) is 12.5. The fourth-order valence-electron chi connectivity index (χ4n) is 7.31. The van der Waals surface area contributed by atoms with Gasteiger partial charge in [0.05, 0.1) is 13.2 Å². The van der Waals surface area contributed by atoms with Crippen molar-refractivity contribution in [3.63, 3.8) is 0 Å². The second kappa shape index (κ2) is 9.69. The van der Waals surface area contributed by atoms with Gasteiger partial charge in [-0.3, -0.25) is 10.6 Å². The molecular formula is C28H34N2O4. The Labute approximate surface area is 201 Å². The van der Waals surface area contributed by atoms with E-state index in [1.807, 2.05) is 60.7 Å². The summed E-state index contributed by atoms with van der Waals surface area (Å²) in [5, 5.41) is 5.60. The van der Waals surface area contributed by atoms with E-state index in [9.17, 15) is 9.59 Å². The first kappa shape index (κ1) is 22.8. The van der Waals surface area contributed by atoms with Crippen LogP contribution in [0, 0.1) is 22.7 Å². The first-order chi connectivity index (χ1) is 16.5. The standard InChI is InChI=1S/C28H34N2O4/c31-25(29-23-7-3-1-4-8-23)33-13-11-27-16-21-15-22(17-27)19-28(18-21,20-27)12-14-34-26(32)30-24-9-5-2-6-10-24/h1-10,21-22H,11-20H2,(H,29,31)(H,30,32). The lowest BCUT2D eigenvalue weighted by Gasteiger charge is -2.62. The molecule has 2 amide bonds. The quantitative estimate of drug-likeness (QED) is 0.450. The van der Waals surface area contributed by atoms with Crippen LogP contribution in [-0.2, 0) is 9.47 Å². The summed E-state index contributed by atoms with van der Waals surface area (Å²) in [6.07, 6.45) is 8.50. The van der Waals surface area contributed by atoms with Gasteiger partial charge in [-0.25, -0.2) is 9.59 Å². The van der Waals surface area contributed by atoms with Gasteiger partial charge in [0, 0.05) is 11.4 Å². The van der Waals surface area contributed by atoms with E-state index < -0.39 is 0 Å². The largest absolute Gasteiger partial charge is 0.449 e. The van der Waals surface area contributed by atoms with E-state index in [1.165, 1.54) is 32.1 Å². The van der Waals surface area contributed by atoms with E-state index in [1.54, 1.807) is 0 Å². The van der Waals surface area contributed by atoms with Crippen molar-refractivity contribution in [1.29, 1.82) is 0 Å². The summed E-state index contributed by atoms with van der Waals surface area (Å²) in [7, 11) is 0. The highest BCUT2D eigenvalue weighted by atomic mass is 16.6. The monoisotopic (exact) mass is 462 g/mol. The number of hydrogen-bond acceptors (Lipinski definition) is 4. The van der Waals surface area contributed by atoms with Gasteiger partial charge in [0.1, 0.15) is 0 Å². The number of ether oxygens (including phenoxy) is 2. The summed E-state index contributed by atoms with van der Waals surface area (Å²) in [5.74, 6) is 1.50. The molecule has 2 aromatic carbocycles. The minimum atomic E-state index is -0.386. The van der Waals surface area contributed by atoms with E-state index in [4.69, 9.17) is 9.47 Å². The Balaban J connectivity index is 1.11. The Bertz CT molecular complexity index is 902. The van der Waals surface area contributed by atoms with Crippen molar-refractivity contribution >= 4 is 23.6 Å². The molecule has 34 heavy (non-hydrogen) atoms. The first-order valence-corrected chi connectivity index (χ1v) is 12.5. The van der Waals surface area contributed by atoms with E-state index in [0.29, 0.717) is 13.2 Å². The zero-order valence-corrected chi connectivity index (χ0v) is 19.6. The van der Waals surface area contributed by atoms with Crippen molar-refractivity contribution in [3.05, 3.63) is 60.7 Å². The highest BCUT2D eigenvalue weighted by molar-refractivity contribution is 5.84. The van der Waals surface area contributed by atoms with Gasteiger partial charge in [0.2, 0.25) is 0 Å². The molecule has 4 aliphatic rings. The van der Waals surface area contributed by atoms with Gasteiger partial charge in [-0.1, -0.05) is 36.4 Å². The van der Waals surface area contributed by atoms with Crippen LogP contribution in [0.3, 0.4) is 0 Å². The minimum absolute atomic E-state index is 0.253. The molecule has 4 fully saturated rings. The summed E-state index contributed by atoms with van der Waals surface area (Å²) in [4.78, 5) is 24.4. The third-order valence-corrected chi connectivity index (χ3v) is 8.07. The summed E-state index contributed by atoms with van der Waals surface area (Å²) < 4.78 is 11.1. The van der Waals surface area contributed by atoms with Crippen molar-refractivity contribution in [2.45, 2.75) is 51.4 Å². The van der Waals surface area contributed by atoms with E-state index in [0.717, 1.165) is 42.5 Å². The maximum absolute atomic E-state index is 12.2. The number of rotatable bonds is 8. The molecule has 0 spiro atoms. The van der Waals surface area contributed by atoms with E-state index >= 15 is 0 Å². The molecule has 4 saturated carbocycles. The van der Waals surface area contributed by atoms with Gasteiger partial charge < -0.3 is 9.47 Å². The van der Waals surface area contributed by atoms with Crippen LogP contribution >= 0.6 is 0 Å². The molecular weight excluding hydrogens is 428 g/mol. The van der Waals surface area contributed by atoms with Crippen LogP contribution in [0.2, 0.25) is 0 Å². The van der Waals surface area contributed by atoms with Gasteiger partial charge in [0.15, 0.2) is 0 Å². The number of amides is 2. The number of para-hydroxylation sites is 2. The third-order valence-electron chi connectivity index (χ3n) is 8.07. The molecule has 0 unspecified atom stereocenters. The van der Waals surface area contributed by atoms with E-state index in [2.05, 4.69) is 10.6 Å². The molecule has 6 rings (SSSR count). The van der Waals surface area contributed by atoms with Crippen molar-refractivity contribution in [1.82, 2.24) is 0 Å². The maximum atomic E-state index is 12.2. The molecule has 2 N–H and O–H groups in total. The van der Waals surface area contributed by atoms with Gasteiger partial charge in [-0.15, -0.1) is 0 Å². The minimum Gasteiger partial charge on any atom is -0.449 e. The molecule has 0 aromatic heterocycles. The van der Waals surface area contributed by atoms with Crippen LogP contribution in [-0.4, -0.2) is 25.4 Å². The molecule has 0 aliphatic heterocycles. The molecule has 0 radical (unpaired) electrons. The molecule has 2 aromatic rings. The van der Waals surface area contributed by atoms with Gasteiger partial charge >= 0.3 is 12.2 Å². The molecule has 6 heteroatoms. The Hall–Kier alpha value is -3.02. The second-order valence-electron chi connectivity index (χ2n) is 10.7. The molecule has 4 bridgehead atoms. The van der Waals surface area contributed by atoms with Crippen molar-refractivity contribution in [2.24, 2.45) is 22.7 Å². The van der Waals surface area contributed by atoms with Gasteiger partial charge in [-0.05, 0) is 98.3 Å². The summed E-state index contributed by atoms with van der Waals surface area (Å²) >= 11 is 0.